The van der Waals surface area contributed by atoms with Crippen LogP contribution in [0.2, 0.25) is 0 Å². The van der Waals surface area contributed by atoms with Crippen molar-refractivity contribution in [3.05, 3.63) is 30.0 Å². The van der Waals surface area contributed by atoms with Gasteiger partial charge in [-0.1, -0.05) is 6.07 Å². The standard InChI is InChI=1S/C12H13NO2/c1-8-5-13-10-3-2-4-11(12(8)10)15-7-9-6-14-9/h2-5,9,13H,6-7H2,1H3. The highest BCUT2D eigenvalue weighted by Crippen LogP contribution is 2.28. The van der Waals surface area contributed by atoms with Crippen LogP contribution in [0, 0.1) is 6.92 Å². The van der Waals surface area contributed by atoms with Crippen molar-refractivity contribution in [3.8, 4) is 5.75 Å². The first kappa shape index (κ1) is 8.80. The molecule has 3 nitrogen and oxygen atoms in total. The van der Waals surface area contributed by atoms with Gasteiger partial charge in [-0.3, -0.25) is 0 Å². The zero-order chi connectivity index (χ0) is 10.3. The van der Waals surface area contributed by atoms with E-state index in [0.29, 0.717) is 12.7 Å². The Kier molecular flexibility index (Phi) is 1.92. The minimum absolute atomic E-state index is 0.305. The third kappa shape index (κ3) is 1.59. The number of H-pyrrole nitrogens is 1. The summed E-state index contributed by atoms with van der Waals surface area (Å²) in [4.78, 5) is 3.22. The fourth-order valence-corrected chi connectivity index (χ4v) is 1.78. The van der Waals surface area contributed by atoms with E-state index in [4.69, 9.17) is 9.47 Å². The van der Waals surface area contributed by atoms with E-state index in [9.17, 15) is 0 Å². The minimum atomic E-state index is 0.305. The van der Waals surface area contributed by atoms with Crippen LogP contribution in [0.5, 0.6) is 5.75 Å². The normalized spacial score (nSPS) is 19.4. The summed E-state index contributed by atoms with van der Waals surface area (Å²) < 4.78 is 10.9. The van der Waals surface area contributed by atoms with Crippen LogP contribution in [-0.2, 0) is 4.74 Å². The van der Waals surface area contributed by atoms with Gasteiger partial charge in [0.1, 0.15) is 18.5 Å². The van der Waals surface area contributed by atoms with E-state index in [-0.39, 0.29) is 0 Å². The molecule has 0 saturated carbocycles. The molecule has 1 atom stereocenters. The first-order chi connectivity index (χ1) is 7.34. The number of aryl methyl sites for hydroxylation is 1. The maximum Gasteiger partial charge on any atom is 0.129 e. The Bertz CT molecular complexity index is 485. The number of hydrogen-bond acceptors (Lipinski definition) is 2. The minimum Gasteiger partial charge on any atom is -0.490 e. The quantitative estimate of drug-likeness (QED) is 0.777. The van der Waals surface area contributed by atoms with Crippen LogP contribution in [0.3, 0.4) is 0 Å². The van der Waals surface area contributed by atoms with Gasteiger partial charge in [0.25, 0.3) is 0 Å². The van der Waals surface area contributed by atoms with Gasteiger partial charge in [0.05, 0.1) is 6.61 Å². The van der Waals surface area contributed by atoms with Crippen LogP contribution < -0.4 is 4.74 Å². The summed E-state index contributed by atoms with van der Waals surface area (Å²) in [6.07, 6.45) is 2.31. The molecule has 2 heterocycles. The lowest BCUT2D eigenvalue weighted by Crippen LogP contribution is -2.04. The van der Waals surface area contributed by atoms with Crippen molar-refractivity contribution < 1.29 is 9.47 Å². The summed E-state index contributed by atoms with van der Waals surface area (Å²) in [7, 11) is 0. The third-order valence-corrected chi connectivity index (χ3v) is 2.69. The van der Waals surface area contributed by atoms with Gasteiger partial charge in [0.15, 0.2) is 0 Å². The predicted molar refractivity (Wildman–Crippen MR) is 58.3 cm³/mol. The second kappa shape index (κ2) is 3.28. The molecule has 1 aliphatic heterocycles. The Hall–Kier alpha value is -1.48. The van der Waals surface area contributed by atoms with Gasteiger partial charge in [0, 0.05) is 17.1 Å². The molecule has 0 aliphatic carbocycles. The number of nitrogens with one attached hydrogen (secondary N) is 1. The highest BCUT2D eigenvalue weighted by molar-refractivity contribution is 5.89. The Labute approximate surface area is 88.0 Å². The molecule has 1 saturated heterocycles. The van der Waals surface area contributed by atoms with Gasteiger partial charge >= 0.3 is 0 Å². The first-order valence-corrected chi connectivity index (χ1v) is 5.16. The van der Waals surface area contributed by atoms with Crippen LogP contribution in [0.4, 0.5) is 0 Å². The van der Waals surface area contributed by atoms with E-state index >= 15 is 0 Å². The van der Waals surface area contributed by atoms with Crippen molar-refractivity contribution in [2.75, 3.05) is 13.2 Å². The average molecular weight is 203 g/mol. The van der Waals surface area contributed by atoms with Crippen LogP contribution >= 0.6 is 0 Å². The highest BCUT2D eigenvalue weighted by atomic mass is 16.6. The Morgan fingerprint density at radius 3 is 3.20 bits per heavy atom. The van der Waals surface area contributed by atoms with E-state index in [1.807, 2.05) is 18.3 Å². The van der Waals surface area contributed by atoms with Crippen molar-refractivity contribution in [1.29, 1.82) is 0 Å². The predicted octanol–water partition coefficient (Wildman–Crippen LogP) is 2.25. The molecule has 15 heavy (non-hydrogen) atoms. The fraction of sp³-hybridized carbons (Fsp3) is 0.333. The van der Waals surface area contributed by atoms with E-state index in [2.05, 4.69) is 18.0 Å². The van der Waals surface area contributed by atoms with Crippen molar-refractivity contribution in [3.63, 3.8) is 0 Å². The summed E-state index contributed by atoms with van der Waals surface area (Å²) in [5.74, 6) is 0.946. The van der Waals surface area contributed by atoms with Crippen LogP contribution in [0.1, 0.15) is 5.56 Å². The summed E-state index contributed by atoms with van der Waals surface area (Å²) in [6.45, 7) is 3.57. The number of epoxide rings is 1. The number of benzene rings is 1. The van der Waals surface area contributed by atoms with E-state index < -0.39 is 0 Å². The molecule has 1 aromatic carbocycles. The number of hydrogen-bond donors (Lipinski definition) is 1. The van der Waals surface area contributed by atoms with E-state index in [0.717, 1.165) is 17.9 Å². The van der Waals surface area contributed by atoms with Crippen LogP contribution in [-0.4, -0.2) is 24.3 Å². The summed E-state index contributed by atoms with van der Waals surface area (Å²) in [5.41, 5.74) is 2.35. The average Bonchev–Trinajstić information content (AvgIpc) is 3.00. The molecule has 1 unspecified atom stereocenters. The summed E-state index contributed by atoms with van der Waals surface area (Å²) in [6, 6.07) is 6.07. The van der Waals surface area contributed by atoms with Crippen LogP contribution in [0.15, 0.2) is 24.4 Å². The molecule has 0 spiro atoms. The van der Waals surface area contributed by atoms with Gasteiger partial charge in [-0.15, -0.1) is 0 Å². The molecule has 0 amide bonds. The molecule has 1 N–H and O–H groups in total. The Morgan fingerprint density at radius 2 is 2.40 bits per heavy atom. The van der Waals surface area contributed by atoms with Crippen molar-refractivity contribution in [2.24, 2.45) is 0 Å². The van der Waals surface area contributed by atoms with E-state index in [1.165, 1.54) is 10.9 Å². The lowest BCUT2D eigenvalue weighted by atomic mass is 10.2. The SMILES string of the molecule is Cc1c[nH]c2cccc(OCC3CO3)c12. The molecular formula is C12H13NO2. The lowest BCUT2D eigenvalue weighted by Gasteiger charge is -2.06. The largest absolute Gasteiger partial charge is 0.490 e. The van der Waals surface area contributed by atoms with Gasteiger partial charge in [0.2, 0.25) is 0 Å². The smallest absolute Gasteiger partial charge is 0.129 e. The van der Waals surface area contributed by atoms with Gasteiger partial charge in [-0.05, 0) is 24.6 Å². The molecule has 0 bridgehead atoms. The first-order valence-electron chi connectivity index (χ1n) is 5.16. The molecule has 1 aromatic heterocycles. The zero-order valence-corrected chi connectivity index (χ0v) is 8.62. The number of fused-ring (bicyclic) bond motifs is 1. The summed E-state index contributed by atoms with van der Waals surface area (Å²) >= 11 is 0. The molecule has 78 valence electrons. The molecule has 0 radical (unpaired) electrons. The summed E-state index contributed by atoms with van der Waals surface area (Å²) in [5, 5.41) is 1.18. The molecule has 1 fully saturated rings. The number of aromatic nitrogens is 1. The van der Waals surface area contributed by atoms with Gasteiger partial charge < -0.3 is 14.5 Å². The van der Waals surface area contributed by atoms with Gasteiger partial charge in [-0.2, -0.15) is 0 Å². The second-order valence-electron chi connectivity index (χ2n) is 3.92. The van der Waals surface area contributed by atoms with Crippen molar-refractivity contribution in [1.82, 2.24) is 4.98 Å². The highest BCUT2D eigenvalue weighted by Gasteiger charge is 2.23. The fourth-order valence-electron chi connectivity index (χ4n) is 1.78. The number of aromatic amines is 1. The van der Waals surface area contributed by atoms with Crippen LogP contribution in [0.25, 0.3) is 10.9 Å². The molecular weight excluding hydrogens is 190 g/mol. The lowest BCUT2D eigenvalue weighted by molar-refractivity contribution is 0.265. The van der Waals surface area contributed by atoms with Crippen molar-refractivity contribution in [2.45, 2.75) is 13.0 Å². The maximum atomic E-state index is 5.74. The number of ether oxygens (including phenoxy) is 2. The van der Waals surface area contributed by atoms with Gasteiger partial charge in [-0.25, -0.2) is 0 Å². The zero-order valence-electron chi connectivity index (χ0n) is 8.62. The Morgan fingerprint density at radius 1 is 1.53 bits per heavy atom. The number of rotatable bonds is 3. The third-order valence-electron chi connectivity index (χ3n) is 2.69. The molecule has 3 rings (SSSR count). The van der Waals surface area contributed by atoms with E-state index in [1.54, 1.807) is 0 Å². The maximum absolute atomic E-state index is 5.74. The second-order valence-corrected chi connectivity index (χ2v) is 3.92. The topological polar surface area (TPSA) is 37.5 Å². The monoisotopic (exact) mass is 203 g/mol. The molecule has 2 aromatic rings. The molecule has 3 heteroatoms. The Balaban J connectivity index is 1.96. The molecule has 1 aliphatic rings. The van der Waals surface area contributed by atoms with Crippen molar-refractivity contribution >= 4 is 10.9 Å².